The predicted octanol–water partition coefficient (Wildman–Crippen LogP) is 3.53. The summed E-state index contributed by atoms with van der Waals surface area (Å²) in [7, 11) is 0. The molecule has 1 aromatic heterocycles. The Hall–Kier alpha value is -0.380. The minimum Gasteiger partial charge on any atom is -0.311 e. The zero-order valence-electron chi connectivity index (χ0n) is 12.6. The number of likely N-dealkylation sites (tertiary alicyclic amines) is 1. The molecule has 2 rings (SSSR count). The molecule has 2 unspecified atom stereocenters. The van der Waals surface area contributed by atoms with E-state index in [1.54, 1.807) is 11.3 Å². The number of thiophene rings is 1. The van der Waals surface area contributed by atoms with Crippen molar-refractivity contribution in [1.29, 1.82) is 0 Å². The van der Waals surface area contributed by atoms with E-state index in [1.165, 1.54) is 37.9 Å². The van der Waals surface area contributed by atoms with Gasteiger partial charge >= 0.3 is 0 Å². The monoisotopic (exact) mass is 280 g/mol. The molecule has 1 saturated heterocycles. The van der Waals surface area contributed by atoms with Gasteiger partial charge in [0.1, 0.15) is 0 Å². The molecule has 0 radical (unpaired) electrons. The van der Waals surface area contributed by atoms with E-state index in [-0.39, 0.29) is 0 Å². The van der Waals surface area contributed by atoms with Crippen LogP contribution in [-0.4, -0.2) is 36.1 Å². The Morgan fingerprint density at radius 3 is 2.84 bits per heavy atom. The van der Waals surface area contributed by atoms with Crippen LogP contribution in [0.3, 0.4) is 0 Å². The fourth-order valence-corrected chi connectivity index (χ4v) is 3.71. The topological polar surface area (TPSA) is 15.3 Å². The molecule has 2 atom stereocenters. The van der Waals surface area contributed by atoms with E-state index in [2.05, 4.69) is 47.8 Å². The smallest absolute Gasteiger partial charge is 0.00823 e. The van der Waals surface area contributed by atoms with Crippen LogP contribution in [0.2, 0.25) is 0 Å². The molecule has 2 heterocycles. The standard InChI is InChI=1S/C16H28N2S/c1-13(2)18-8-4-5-16(6-9-18)17-14(3)11-15-7-10-19-12-15/h7,10,12-14,16-17H,4-6,8-9,11H2,1-3H3. The molecule has 0 aromatic carbocycles. The van der Waals surface area contributed by atoms with E-state index >= 15 is 0 Å². The van der Waals surface area contributed by atoms with E-state index in [4.69, 9.17) is 0 Å². The lowest BCUT2D eigenvalue weighted by Gasteiger charge is -2.25. The fraction of sp³-hybridized carbons (Fsp3) is 0.750. The maximum Gasteiger partial charge on any atom is 0.00823 e. The highest BCUT2D eigenvalue weighted by atomic mass is 32.1. The van der Waals surface area contributed by atoms with Gasteiger partial charge in [0.2, 0.25) is 0 Å². The Labute approximate surface area is 122 Å². The molecule has 0 amide bonds. The molecular weight excluding hydrogens is 252 g/mol. The summed E-state index contributed by atoms with van der Waals surface area (Å²) in [6.07, 6.45) is 5.12. The van der Waals surface area contributed by atoms with Gasteiger partial charge < -0.3 is 10.2 Å². The highest BCUT2D eigenvalue weighted by Crippen LogP contribution is 2.15. The van der Waals surface area contributed by atoms with E-state index in [0.717, 1.165) is 6.42 Å². The third-order valence-electron chi connectivity index (χ3n) is 4.14. The van der Waals surface area contributed by atoms with Crippen LogP contribution in [-0.2, 0) is 6.42 Å². The summed E-state index contributed by atoms with van der Waals surface area (Å²) in [5.74, 6) is 0. The maximum absolute atomic E-state index is 3.83. The van der Waals surface area contributed by atoms with Gasteiger partial charge in [-0.05, 0) is 81.9 Å². The van der Waals surface area contributed by atoms with Crippen LogP contribution in [0, 0.1) is 0 Å². The highest BCUT2D eigenvalue weighted by molar-refractivity contribution is 7.07. The van der Waals surface area contributed by atoms with Crippen LogP contribution in [0.25, 0.3) is 0 Å². The third kappa shape index (κ3) is 4.90. The largest absolute Gasteiger partial charge is 0.311 e. The number of nitrogens with one attached hydrogen (secondary N) is 1. The Morgan fingerprint density at radius 2 is 2.16 bits per heavy atom. The van der Waals surface area contributed by atoms with Gasteiger partial charge in [-0.3, -0.25) is 0 Å². The molecule has 0 aliphatic carbocycles. The second-order valence-corrected chi connectivity index (χ2v) is 6.94. The summed E-state index contributed by atoms with van der Waals surface area (Å²) in [4.78, 5) is 2.62. The summed E-state index contributed by atoms with van der Waals surface area (Å²) in [6.45, 7) is 9.47. The molecule has 2 nitrogen and oxygen atoms in total. The first-order valence-electron chi connectivity index (χ1n) is 7.66. The van der Waals surface area contributed by atoms with Crippen molar-refractivity contribution in [2.24, 2.45) is 0 Å². The Kier molecular flexibility index (Phi) is 5.86. The van der Waals surface area contributed by atoms with Gasteiger partial charge in [-0.2, -0.15) is 11.3 Å². The van der Waals surface area contributed by atoms with E-state index in [1.807, 2.05) is 0 Å². The summed E-state index contributed by atoms with van der Waals surface area (Å²) < 4.78 is 0. The highest BCUT2D eigenvalue weighted by Gasteiger charge is 2.19. The first kappa shape index (κ1) is 15.0. The Bertz CT molecular complexity index is 348. The second-order valence-electron chi connectivity index (χ2n) is 6.16. The Morgan fingerprint density at radius 1 is 1.32 bits per heavy atom. The SMILES string of the molecule is CC(Cc1ccsc1)NC1CCCN(C(C)C)CC1. The van der Waals surface area contributed by atoms with E-state index < -0.39 is 0 Å². The second kappa shape index (κ2) is 7.41. The maximum atomic E-state index is 3.83. The lowest BCUT2D eigenvalue weighted by Crippen LogP contribution is -2.39. The minimum absolute atomic E-state index is 0.588. The third-order valence-corrected chi connectivity index (χ3v) is 4.87. The van der Waals surface area contributed by atoms with Crippen LogP contribution < -0.4 is 5.32 Å². The molecule has 3 heteroatoms. The zero-order chi connectivity index (χ0) is 13.7. The first-order chi connectivity index (χ1) is 9.15. The van der Waals surface area contributed by atoms with Gasteiger partial charge in [-0.15, -0.1) is 0 Å². The molecule has 1 aliphatic heterocycles. The average molecular weight is 280 g/mol. The van der Waals surface area contributed by atoms with Gasteiger partial charge in [0.15, 0.2) is 0 Å². The van der Waals surface area contributed by atoms with Crippen molar-refractivity contribution in [2.45, 2.75) is 64.6 Å². The van der Waals surface area contributed by atoms with Gasteiger partial charge in [0, 0.05) is 18.1 Å². The molecule has 1 aliphatic rings. The fourth-order valence-electron chi connectivity index (χ4n) is 3.03. The molecule has 1 aromatic rings. The number of hydrogen-bond donors (Lipinski definition) is 1. The quantitative estimate of drug-likeness (QED) is 0.887. The van der Waals surface area contributed by atoms with Crippen molar-refractivity contribution in [2.75, 3.05) is 13.1 Å². The molecule has 19 heavy (non-hydrogen) atoms. The van der Waals surface area contributed by atoms with Crippen molar-refractivity contribution >= 4 is 11.3 Å². The van der Waals surface area contributed by atoms with Crippen LogP contribution in [0.5, 0.6) is 0 Å². The molecule has 0 spiro atoms. The zero-order valence-corrected chi connectivity index (χ0v) is 13.4. The molecule has 1 N–H and O–H groups in total. The lowest BCUT2D eigenvalue weighted by atomic mass is 10.1. The molecule has 0 bridgehead atoms. The van der Waals surface area contributed by atoms with Crippen LogP contribution in [0.1, 0.15) is 45.6 Å². The molecule has 108 valence electrons. The first-order valence-corrected chi connectivity index (χ1v) is 8.60. The van der Waals surface area contributed by atoms with Crippen molar-refractivity contribution in [1.82, 2.24) is 10.2 Å². The van der Waals surface area contributed by atoms with Gasteiger partial charge in [0.25, 0.3) is 0 Å². The van der Waals surface area contributed by atoms with Gasteiger partial charge in [0.05, 0.1) is 0 Å². The van der Waals surface area contributed by atoms with Gasteiger partial charge in [-0.1, -0.05) is 0 Å². The van der Waals surface area contributed by atoms with Crippen molar-refractivity contribution in [3.05, 3.63) is 22.4 Å². The summed E-state index contributed by atoms with van der Waals surface area (Å²) >= 11 is 1.80. The number of nitrogens with zero attached hydrogens (tertiary/aromatic N) is 1. The van der Waals surface area contributed by atoms with E-state index in [0.29, 0.717) is 18.1 Å². The van der Waals surface area contributed by atoms with E-state index in [9.17, 15) is 0 Å². The molecule has 0 saturated carbocycles. The molecular formula is C16H28N2S. The summed E-state index contributed by atoms with van der Waals surface area (Å²) in [5.41, 5.74) is 1.47. The van der Waals surface area contributed by atoms with Crippen molar-refractivity contribution < 1.29 is 0 Å². The van der Waals surface area contributed by atoms with Crippen molar-refractivity contribution in [3.8, 4) is 0 Å². The van der Waals surface area contributed by atoms with Crippen molar-refractivity contribution in [3.63, 3.8) is 0 Å². The molecule has 1 fully saturated rings. The summed E-state index contributed by atoms with van der Waals surface area (Å²) in [6, 6.07) is 4.24. The average Bonchev–Trinajstić information content (AvgIpc) is 2.73. The van der Waals surface area contributed by atoms with Gasteiger partial charge in [-0.25, -0.2) is 0 Å². The summed E-state index contributed by atoms with van der Waals surface area (Å²) in [5, 5.41) is 8.28. The Balaban J connectivity index is 1.76. The number of rotatable bonds is 5. The van der Waals surface area contributed by atoms with Crippen LogP contribution in [0.4, 0.5) is 0 Å². The normalized spacial score (nSPS) is 23.5. The predicted molar refractivity (Wildman–Crippen MR) is 85.0 cm³/mol. The minimum atomic E-state index is 0.588. The van der Waals surface area contributed by atoms with Crippen LogP contribution in [0.15, 0.2) is 16.8 Å². The van der Waals surface area contributed by atoms with Crippen LogP contribution >= 0.6 is 11.3 Å². The number of hydrogen-bond acceptors (Lipinski definition) is 3. The lowest BCUT2D eigenvalue weighted by molar-refractivity contribution is 0.228.